The van der Waals surface area contributed by atoms with Gasteiger partial charge >= 0.3 is 0 Å². The molecule has 1 aliphatic rings. The number of nitrogens with two attached hydrogens (primary N) is 1. The van der Waals surface area contributed by atoms with E-state index in [-0.39, 0.29) is 11.7 Å². The van der Waals surface area contributed by atoms with Gasteiger partial charge in [0.15, 0.2) is 0 Å². The molecule has 0 saturated carbocycles. The largest absolute Gasteiger partial charge is 0.508 e. The maximum atomic E-state index is 12.0. The highest BCUT2D eigenvalue weighted by molar-refractivity contribution is 5.79. The number of hydrogen-bond donors (Lipinski definition) is 2. The first-order chi connectivity index (χ1) is 8.19. The van der Waals surface area contributed by atoms with E-state index in [1.165, 1.54) is 0 Å². The summed E-state index contributed by atoms with van der Waals surface area (Å²) >= 11 is 0. The predicted octanol–water partition coefficient (Wildman–Crippen LogP) is 0.742. The Bertz CT molecular complexity index is 389. The summed E-state index contributed by atoms with van der Waals surface area (Å²) in [7, 11) is 0. The number of amides is 1. The molecule has 1 amide bonds. The molecule has 1 heterocycles. The van der Waals surface area contributed by atoms with Crippen molar-refractivity contribution in [2.24, 2.45) is 11.7 Å². The van der Waals surface area contributed by atoms with Crippen molar-refractivity contribution in [3.63, 3.8) is 0 Å². The highest BCUT2D eigenvalue weighted by Gasteiger charge is 2.24. The molecule has 1 fully saturated rings. The summed E-state index contributed by atoms with van der Waals surface area (Å²) in [5.74, 6) is 0.830. The van der Waals surface area contributed by atoms with E-state index in [4.69, 9.17) is 10.8 Å². The van der Waals surface area contributed by atoms with Crippen LogP contribution in [-0.2, 0) is 11.2 Å². The molecule has 1 aromatic carbocycles. The van der Waals surface area contributed by atoms with E-state index in [0.29, 0.717) is 18.9 Å². The molecule has 0 bridgehead atoms. The maximum absolute atomic E-state index is 12.0. The monoisotopic (exact) mass is 234 g/mol. The Balaban J connectivity index is 1.91. The van der Waals surface area contributed by atoms with Crippen LogP contribution in [0.2, 0.25) is 0 Å². The third-order valence-electron chi connectivity index (χ3n) is 3.26. The van der Waals surface area contributed by atoms with Crippen molar-refractivity contribution in [3.8, 4) is 5.75 Å². The van der Waals surface area contributed by atoms with Crippen molar-refractivity contribution >= 4 is 5.91 Å². The fourth-order valence-corrected chi connectivity index (χ4v) is 2.15. The lowest BCUT2D eigenvalue weighted by atomic mass is 10.1. The van der Waals surface area contributed by atoms with Crippen LogP contribution in [0.4, 0.5) is 0 Å². The molecule has 92 valence electrons. The average molecular weight is 234 g/mol. The SMILES string of the molecule is NCC1CCN(C(=O)Cc2ccc(O)cc2)C1. The van der Waals surface area contributed by atoms with Crippen LogP contribution in [0.5, 0.6) is 5.75 Å². The number of hydrogen-bond acceptors (Lipinski definition) is 3. The summed E-state index contributed by atoms with van der Waals surface area (Å²) in [4.78, 5) is 13.9. The van der Waals surface area contributed by atoms with E-state index in [9.17, 15) is 4.79 Å². The normalized spacial score (nSPS) is 19.6. The lowest BCUT2D eigenvalue weighted by Gasteiger charge is -2.16. The molecule has 0 radical (unpaired) electrons. The highest BCUT2D eigenvalue weighted by atomic mass is 16.3. The van der Waals surface area contributed by atoms with Gasteiger partial charge in [-0.05, 0) is 36.6 Å². The lowest BCUT2D eigenvalue weighted by molar-refractivity contribution is -0.129. The molecule has 1 aromatic rings. The number of aromatic hydroxyl groups is 1. The molecular formula is C13H18N2O2. The fourth-order valence-electron chi connectivity index (χ4n) is 2.15. The number of phenols is 1. The summed E-state index contributed by atoms with van der Waals surface area (Å²) in [6, 6.07) is 6.78. The van der Waals surface area contributed by atoms with Gasteiger partial charge in [-0.25, -0.2) is 0 Å². The number of rotatable bonds is 3. The molecule has 1 unspecified atom stereocenters. The number of carbonyl (C=O) groups excluding carboxylic acids is 1. The van der Waals surface area contributed by atoms with Crippen molar-refractivity contribution in [3.05, 3.63) is 29.8 Å². The van der Waals surface area contributed by atoms with Crippen molar-refractivity contribution in [2.45, 2.75) is 12.8 Å². The maximum Gasteiger partial charge on any atom is 0.226 e. The molecular weight excluding hydrogens is 216 g/mol. The molecule has 17 heavy (non-hydrogen) atoms. The first-order valence-electron chi connectivity index (χ1n) is 5.95. The number of likely N-dealkylation sites (tertiary alicyclic amines) is 1. The van der Waals surface area contributed by atoms with Gasteiger partial charge < -0.3 is 15.7 Å². The smallest absolute Gasteiger partial charge is 0.226 e. The molecule has 1 saturated heterocycles. The van der Waals surface area contributed by atoms with Crippen molar-refractivity contribution in [2.75, 3.05) is 19.6 Å². The third kappa shape index (κ3) is 2.97. The van der Waals surface area contributed by atoms with E-state index in [1.807, 2.05) is 4.90 Å². The van der Waals surface area contributed by atoms with Crippen molar-refractivity contribution in [1.29, 1.82) is 0 Å². The van der Waals surface area contributed by atoms with E-state index in [2.05, 4.69) is 0 Å². The van der Waals surface area contributed by atoms with Crippen LogP contribution in [0.25, 0.3) is 0 Å². The minimum absolute atomic E-state index is 0.145. The average Bonchev–Trinajstić information content (AvgIpc) is 2.81. The molecule has 3 N–H and O–H groups in total. The van der Waals surface area contributed by atoms with Crippen LogP contribution < -0.4 is 5.73 Å². The predicted molar refractivity (Wildman–Crippen MR) is 65.6 cm³/mol. The molecule has 4 heteroatoms. The Labute approximate surface area is 101 Å². The Morgan fingerprint density at radius 3 is 2.71 bits per heavy atom. The van der Waals surface area contributed by atoms with Crippen molar-refractivity contribution in [1.82, 2.24) is 4.90 Å². The van der Waals surface area contributed by atoms with Crippen LogP contribution in [0.15, 0.2) is 24.3 Å². The minimum Gasteiger partial charge on any atom is -0.508 e. The van der Waals surface area contributed by atoms with Crippen molar-refractivity contribution < 1.29 is 9.90 Å². The third-order valence-corrected chi connectivity index (χ3v) is 3.26. The standard InChI is InChI=1S/C13H18N2O2/c14-8-11-5-6-15(9-11)13(17)7-10-1-3-12(16)4-2-10/h1-4,11,16H,5-9,14H2. The van der Waals surface area contributed by atoms with E-state index >= 15 is 0 Å². The van der Waals surface area contributed by atoms with Gasteiger partial charge in [0.25, 0.3) is 0 Å². The number of carbonyl (C=O) groups is 1. The second-order valence-electron chi connectivity index (χ2n) is 4.57. The Hall–Kier alpha value is -1.55. The van der Waals surface area contributed by atoms with E-state index < -0.39 is 0 Å². The lowest BCUT2D eigenvalue weighted by Crippen LogP contribution is -2.31. The van der Waals surface area contributed by atoms with Gasteiger partial charge in [0.1, 0.15) is 5.75 Å². The second kappa shape index (κ2) is 5.19. The zero-order valence-corrected chi connectivity index (χ0v) is 9.80. The van der Waals surface area contributed by atoms with Crippen LogP contribution in [0.3, 0.4) is 0 Å². The van der Waals surface area contributed by atoms with Gasteiger partial charge in [-0.15, -0.1) is 0 Å². The van der Waals surface area contributed by atoms with Gasteiger partial charge in [0.05, 0.1) is 6.42 Å². The summed E-state index contributed by atoms with van der Waals surface area (Å²) in [6.45, 7) is 2.26. The number of benzene rings is 1. The Morgan fingerprint density at radius 1 is 1.41 bits per heavy atom. The summed E-state index contributed by atoms with van der Waals surface area (Å²) in [5, 5.41) is 9.16. The summed E-state index contributed by atoms with van der Waals surface area (Å²) in [6.07, 6.45) is 1.41. The van der Waals surface area contributed by atoms with Crippen LogP contribution in [0.1, 0.15) is 12.0 Å². The first-order valence-corrected chi connectivity index (χ1v) is 5.95. The first kappa shape index (κ1) is 11.9. The quantitative estimate of drug-likeness (QED) is 0.810. The molecule has 0 spiro atoms. The zero-order valence-electron chi connectivity index (χ0n) is 9.80. The van der Waals surface area contributed by atoms with Gasteiger partial charge in [-0.3, -0.25) is 4.79 Å². The Morgan fingerprint density at radius 2 is 2.12 bits per heavy atom. The van der Waals surface area contributed by atoms with E-state index in [0.717, 1.165) is 25.1 Å². The van der Waals surface area contributed by atoms with Crippen LogP contribution in [-0.4, -0.2) is 35.5 Å². The molecule has 0 aliphatic carbocycles. The van der Waals surface area contributed by atoms with Gasteiger partial charge in [-0.2, -0.15) is 0 Å². The zero-order chi connectivity index (χ0) is 12.3. The fraction of sp³-hybridized carbons (Fsp3) is 0.462. The molecule has 2 rings (SSSR count). The van der Waals surface area contributed by atoms with Gasteiger partial charge in [0, 0.05) is 13.1 Å². The molecule has 1 atom stereocenters. The number of phenolic OH excluding ortho intramolecular Hbond substituents is 1. The van der Waals surface area contributed by atoms with Crippen LogP contribution in [0, 0.1) is 5.92 Å². The second-order valence-corrected chi connectivity index (χ2v) is 4.57. The molecule has 1 aliphatic heterocycles. The highest BCUT2D eigenvalue weighted by Crippen LogP contribution is 2.17. The van der Waals surface area contributed by atoms with Gasteiger partial charge in [-0.1, -0.05) is 12.1 Å². The summed E-state index contributed by atoms with van der Waals surface area (Å²) < 4.78 is 0. The topological polar surface area (TPSA) is 66.6 Å². The molecule has 0 aromatic heterocycles. The van der Waals surface area contributed by atoms with Crippen LogP contribution >= 0.6 is 0 Å². The van der Waals surface area contributed by atoms with E-state index in [1.54, 1.807) is 24.3 Å². The van der Waals surface area contributed by atoms with Gasteiger partial charge in [0.2, 0.25) is 5.91 Å². The molecule has 4 nitrogen and oxygen atoms in total. The minimum atomic E-state index is 0.145. The Kier molecular flexibility index (Phi) is 3.64. The number of nitrogens with zero attached hydrogens (tertiary/aromatic N) is 1. The summed E-state index contributed by atoms with van der Waals surface area (Å²) in [5.41, 5.74) is 6.53.